The van der Waals surface area contributed by atoms with Gasteiger partial charge in [-0.15, -0.1) is 0 Å². The lowest BCUT2D eigenvalue weighted by molar-refractivity contribution is 0.340. The summed E-state index contributed by atoms with van der Waals surface area (Å²) in [5.74, 6) is 1.35. The molecule has 4 N–H and O–H groups in total. The molecule has 182 valence electrons. The van der Waals surface area contributed by atoms with E-state index in [0.717, 1.165) is 31.9 Å². The maximum absolute atomic E-state index is 15.0. The zero-order valence-electron chi connectivity index (χ0n) is 20.5. The lowest BCUT2D eigenvalue weighted by atomic mass is 10.00. The topological polar surface area (TPSA) is 98.3 Å². The van der Waals surface area contributed by atoms with E-state index >= 15 is 4.39 Å². The summed E-state index contributed by atoms with van der Waals surface area (Å²) in [6.45, 7) is 6.78. The molecule has 1 fully saturated rings. The molecule has 9 heteroatoms. The van der Waals surface area contributed by atoms with Crippen molar-refractivity contribution in [2.24, 2.45) is 13.0 Å². The average Bonchev–Trinajstić information content (AvgIpc) is 3.32. The summed E-state index contributed by atoms with van der Waals surface area (Å²) >= 11 is 0. The van der Waals surface area contributed by atoms with Crippen molar-refractivity contribution in [3.05, 3.63) is 46.8 Å². The third-order valence-electron chi connectivity index (χ3n) is 6.54. The quantitative estimate of drug-likeness (QED) is 0.541. The van der Waals surface area contributed by atoms with Crippen LogP contribution in [0.2, 0.25) is 0 Å². The number of anilines is 3. The van der Waals surface area contributed by atoms with Gasteiger partial charge in [0.05, 0.1) is 5.69 Å². The zero-order chi connectivity index (χ0) is 24.7. The van der Waals surface area contributed by atoms with Crippen molar-refractivity contribution >= 4 is 17.3 Å². The molecule has 3 aromatic rings. The Morgan fingerprint density at radius 3 is 2.56 bits per heavy atom. The van der Waals surface area contributed by atoms with Crippen molar-refractivity contribution in [3.8, 4) is 22.4 Å². The number of hydrogen-bond donors (Lipinski definition) is 2. The van der Waals surface area contributed by atoms with Crippen LogP contribution in [0.4, 0.5) is 21.7 Å². The number of rotatable bonds is 6. The lowest BCUT2D eigenvalue weighted by Gasteiger charge is -2.19. The van der Waals surface area contributed by atoms with Crippen molar-refractivity contribution in [2.75, 3.05) is 50.1 Å². The Hall–Kier alpha value is -3.33. The first kappa shape index (κ1) is 23.8. The first-order valence-corrected chi connectivity index (χ1v) is 11.6. The van der Waals surface area contributed by atoms with Crippen LogP contribution in [-0.4, -0.2) is 52.7 Å². The number of nitrogens with two attached hydrogens (primary N) is 2. The summed E-state index contributed by atoms with van der Waals surface area (Å²) in [6, 6.07) is 6.62. The van der Waals surface area contributed by atoms with Crippen molar-refractivity contribution in [2.45, 2.75) is 26.3 Å². The number of nitrogen functional groups attached to an aromatic ring is 2. The minimum Gasteiger partial charge on any atom is -0.398 e. The molecule has 1 atom stereocenters. The van der Waals surface area contributed by atoms with Crippen LogP contribution in [0.1, 0.15) is 26.3 Å². The summed E-state index contributed by atoms with van der Waals surface area (Å²) in [7, 11) is 5.80. The molecule has 3 heterocycles. The Balaban J connectivity index is 1.69. The predicted octanol–water partition coefficient (Wildman–Crippen LogP) is 3.19. The van der Waals surface area contributed by atoms with Gasteiger partial charge in [0.1, 0.15) is 17.5 Å². The van der Waals surface area contributed by atoms with Crippen molar-refractivity contribution in [1.82, 2.24) is 19.0 Å². The summed E-state index contributed by atoms with van der Waals surface area (Å²) in [6.07, 6.45) is 2.82. The van der Waals surface area contributed by atoms with E-state index in [0.29, 0.717) is 28.3 Å². The van der Waals surface area contributed by atoms with Gasteiger partial charge in [-0.05, 0) is 64.5 Å². The van der Waals surface area contributed by atoms with Gasteiger partial charge in [-0.25, -0.2) is 14.2 Å². The van der Waals surface area contributed by atoms with Crippen molar-refractivity contribution in [3.63, 3.8) is 0 Å². The number of benzene rings is 1. The molecule has 34 heavy (non-hydrogen) atoms. The van der Waals surface area contributed by atoms with E-state index < -0.39 is 5.82 Å². The molecule has 0 spiro atoms. The van der Waals surface area contributed by atoms with Gasteiger partial charge in [0, 0.05) is 61.3 Å². The standard InChI is InChI=1S/C25H34FN7O/c1-15(2)33-23(24(28)31(5)25(33)34)19-10-18(20(26)11-21(19)27)17-6-7-22(29-12-17)32-9-8-16(14-32)13-30(3)4/h6-7,10-12,15-16H,8-9,13-14,27-28H2,1-5H3. The molecule has 0 radical (unpaired) electrons. The van der Waals surface area contributed by atoms with Gasteiger partial charge in [0.15, 0.2) is 0 Å². The Bertz CT molecular complexity index is 1240. The second-order valence-corrected chi connectivity index (χ2v) is 9.73. The zero-order valence-corrected chi connectivity index (χ0v) is 20.5. The summed E-state index contributed by atoms with van der Waals surface area (Å²) in [4.78, 5) is 21.8. The minimum atomic E-state index is -0.448. The highest BCUT2D eigenvalue weighted by Crippen LogP contribution is 2.37. The summed E-state index contributed by atoms with van der Waals surface area (Å²) in [5.41, 5.74) is 14.5. The highest BCUT2D eigenvalue weighted by atomic mass is 19.1. The van der Waals surface area contributed by atoms with Gasteiger partial charge >= 0.3 is 5.69 Å². The molecule has 1 saturated heterocycles. The van der Waals surface area contributed by atoms with Crippen LogP contribution in [-0.2, 0) is 7.05 Å². The van der Waals surface area contributed by atoms with E-state index in [1.165, 1.54) is 10.6 Å². The largest absolute Gasteiger partial charge is 0.398 e. The SMILES string of the molecule is CC(C)n1c(-c2cc(-c3ccc(N4CCC(CN(C)C)C4)nc3)c(F)cc2N)c(N)n(C)c1=O. The van der Waals surface area contributed by atoms with Crippen molar-refractivity contribution < 1.29 is 4.39 Å². The van der Waals surface area contributed by atoms with Crippen LogP contribution in [0.25, 0.3) is 22.4 Å². The molecule has 0 aliphatic carbocycles. The molecular weight excluding hydrogens is 433 g/mol. The molecule has 4 rings (SSSR count). The predicted molar refractivity (Wildman–Crippen MR) is 136 cm³/mol. The lowest BCUT2D eigenvalue weighted by Crippen LogP contribution is -2.26. The Morgan fingerprint density at radius 2 is 1.94 bits per heavy atom. The van der Waals surface area contributed by atoms with Gasteiger partial charge < -0.3 is 21.3 Å². The minimum absolute atomic E-state index is 0.142. The smallest absolute Gasteiger partial charge is 0.330 e. The first-order chi connectivity index (χ1) is 16.1. The fourth-order valence-corrected chi connectivity index (χ4v) is 4.84. The normalized spacial score (nSPS) is 16.2. The molecular formula is C25H34FN7O. The average molecular weight is 468 g/mol. The van der Waals surface area contributed by atoms with Crippen LogP contribution >= 0.6 is 0 Å². The highest BCUT2D eigenvalue weighted by Gasteiger charge is 2.25. The van der Waals surface area contributed by atoms with Gasteiger partial charge in [0.25, 0.3) is 0 Å². The first-order valence-electron chi connectivity index (χ1n) is 11.6. The highest BCUT2D eigenvalue weighted by molar-refractivity contribution is 5.85. The van der Waals surface area contributed by atoms with Gasteiger partial charge in [-0.1, -0.05) is 0 Å². The second-order valence-electron chi connectivity index (χ2n) is 9.73. The number of pyridine rings is 1. The number of aromatic nitrogens is 3. The van der Waals surface area contributed by atoms with Gasteiger partial charge in [-0.3, -0.25) is 9.13 Å². The molecule has 0 bridgehead atoms. The van der Waals surface area contributed by atoms with Crippen molar-refractivity contribution in [1.29, 1.82) is 0 Å². The number of hydrogen-bond acceptors (Lipinski definition) is 6. The number of nitrogens with zero attached hydrogens (tertiary/aromatic N) is 5. The Labute approximate surface area is 199 Å². The third-order valence-corrected chi connectivity index (χ3v) is 6.54. The summed E-state index contributed by atoms with van der Waals surface area (Å²) in [5, 5.41) is 0. The monoisotopic (exact) mass is 467 g/mol. The fourth-order valence-electron chi connectivity index (χ4n) is 4.84. The summed E-state index contributed by atoms with van der Waals surface area (Å²) < 4.78 is 18.0. The van der Waals surface area contributed by atoms with Crippen LogP contribution in [0.3, 0.4) is 0 Å². The molecule has 8 nitrogen and oxygen atoms in total. The maximum Gasteiger partial charge on any atom is 0.330 e. The Kier molecular flexibility index (Phi) is 6.40. The van der Waals surface area contributed by atoms with Gasteiger partial charge in [-0.2, -0.15) is 0 Å². The number of imidazole rings is 1. The van der Waals surface area contributed by atoms with E-state index in [4.69, 9.17) is 11.5 Å². The van der Waals surface area contributed by atoms with E-state index in [1.54, 1.807) is 23.9 Å². The van der Waals surface area contributed by atoms with Crippen LogP contribution in [0, 0.1) is 11.7 Å². The second kappa shape index (κ2) is 9.13. The molecule has 0 saturated carbocycles. The van der Waals surface area contributed by atoms with Crippen LogP contribution < -0.4 is 22.1 Å². The van der Waals surface area contributed by atoms with E-state index in [2.05, 4.69) is 28.9 Å². The van der Waals surface area contributed by atoms with Crippen LogP contribution in [0.15, 0.2) is 35.3 Å². The molecule has 1 aliphatic rings. The van der Waals surface area contributed by atoms with E-state index in [1.807, 2.05) is 26.0 Å². The molecule has 0 amide bonds. The molecule has 1 aliphatic heterocycles. The van der Waals surface area contributed by atoms with E-state index in [-0.39, 0.29) is 23.2 Å². The Morgan fingerprint density at radius 1 is 1.21 bits per heavy atom. The molecule has 2 aromatic heterocycles. The molecule has 1 unspecified atom stereocenters. The fraction of sp³-hybridized carbons (Fsp3) is 0.440. The third kappa shape index (κ3) is 4.27. The van der Waals surface area contributed by atoms with E-state index in [9.17, 15) is 4.79 Å². The van der Waals surface area contributed by atoms with Crippen LogP contribution in [0.5, 0.6) is 0 Å². The maximum atomic E-state index is 15.0. The number of halogens is 1. The van der Waals surface area contributed by atoms with Gasteiger partial charge in [0.2, 0.25) is 0 Å². The molecule has 1 aromatic carbocycles.